The Hall–Kier alpha value is -0.760. The number of benzene rings is 1. The Labute approximate surface area is 87.5 Å². The highest BCUT2D eigenvalue weighted by Gasteiger charge is 1.88. The molecule has 0 aromatic heterocycles. The molecule has 0 atom stereocenters. The van der Waals surface area contributed by atoms with Crippen molar-refractivity contribution < 1.29 is 4.74 Å². The van der Waals surface area contributed by atoms with E-state index >= 15 is 0 Å². The zero-order valence-corrected chi connectivity index (χ0v) is 9.25. The Kier molecular flexibility index (Phi) is 4.61. The van der Waals surface area contributed by atoms with E-state index in [2.05, 4.69) is 28.1 Å². The number of alkyl halides is 1. The van der Waals surface area contributed by atoms with Crippen LogP contribution in [0, 0.1) is 0 Å². The average molecular weight is 241 g/mol. The first-order chi connectivity index (χ1) is 6.36. The first kappa shape index (κ1) is 10.3. The molecular formula is C11H13BrO. The Morgan fingerprint density at radius 2 is 2.00 bits per heavy atom. The van der Waals surface area contributed by atoms with E-state index in [1.807, 2.05) is 24.3 Å². The fraction of sp³-hybridized carbons (Fsp3) is 0.273. The van der Waals surface area contributed by atoms with E-state index in [4.69, 9.17) is 4.74 Å². The fourth-order valence-electron chi connectivity index (χ4n) is 0.997. The van der Waals surface area contributed by atoms with Crippen LogP contribution in [-0.2, 0) is 0 Å². The zero-order chi connectivity index (χ0) is 9.52. The van der Waals surface area contributed by atoms with Gasteiger partial charge in [-0.15, -0.1) is 0 Å². The Bertz CT molecular complexity index is 264. The van der Waals surface area contributed by atoms with Gasteiger partial charge in [0, 0.05) is 5.33 Å². The van der Waals surface area contributed by atoms with Gasteiger partial charge in [0.1, 0.15) is 5.75 Å². The van der Waals surface area contributed by atoms with Crippen molar-refractivity contribution in [2.75, 3.05) is 12.4 Å². The number of rotatable bonds is 4. The molecule has 13 heavy (non-hydrogen) atoms. The molecule has 70 valence electrons. The highest BCUT2D eigenvalue weighted by molar-refractivity contribution is 9.09. The van der Waals surface area contributed by atoms with Gasteiger partial charge in [-0.2, -0.15) is 0 Å². The van der Waals surface area contributed by atoms with Gasteiger partial charge < -0.3 is 4.74 Å². The minimum atomic E-state index is 0.901. The summed E-state index contributed by atoms with van der Waals surface area (Å²) < 4.78 is 5.06. The summed E-state index contributed by atoms with van der Waals surface area (Å²) in [6.07, 6.45) is 5.32. The van der Waals surface area contributed by atoms with E-state index in [9.17, 15) is 0 Å². The summed E-state index contributed by atoms with van der Waals surface area (Å²) in [7, 11) is 1.68. The van der Waals surface area contributed by atoms with E-state index < -0.39 is 0 Å². The first-order valence-corrected chi connectivity index (χ1v) is 5.35. The molecule has 0 N–H and O–H groups in total. The molecule has 1 rings (SSSR count). The summed E-state index contributed by atoms with van der Waals surface area (Å²) >= 11 is 3.37. The normalized spacial score (nSPS) is 10.6. The topological polar surface area (TPSA) is 9.23 Å². The Morgan fingerprint density at radius 3 is 2.54 bits per heavy atom. The number of hydrogen-bond donors (Lipinski definition) is 0. The van der Waals surface area contributed by atoms with Crippen LogP contribution in [-0.4, -0.2) is 12.4 Å². The maximum Gasteiger partial charge on any atom is 0.118 e. The fourth-order valence-corrected chi connectivity index (χ4v) is 1.26. The second kappa shape index (κ2) is 5.81. The summed E-state index contributed by atoms with van der Waals surface area (Å²) in [4.78, 5) is 0. The van der Waals surface area contributed by atoms with Crippen molar-refractivity contribution in [3.63, 3.8) is 0 Å². The third-order valence-corrected chi connectivity index (χ3v) is 2.16. The van der Waals surface area contributed by atoms with Crippen LogP contribution < -0.4 is 4.74 Å². The van der Waals surface area contributed by atoms with Gasteiger partial charge in [-0.3, -0.25) is 0 Å². The minimum Gasteiger partial charge on any atom is -0.497 e. The summed E-state index contributed by atoms with van der Waals surface area (Å²) in [5.41, 5.74) is 1.21. The highest BCUT2D eigenvalue weighted by Crippen LogP contribution is 2.12. The lowest BCUT2D eigenvalue weighted by molar-refractivity contribution is 0.415. The van der Waals surface area contributed by atoms with Gasteiger partial charge in [0.05, 0.1) is 7.11 Å². The number of methoxy groups -OCH3 is 1. The monoisotopic (exact) mass is 240 g/mol. The highest BCUT2D eigenvalue weighted by atomic mass is 79.9. The summed E-state index contributed by atoms with van der Waals surface area (Å²) in [6.45, 7) is 0. The van der Waals surface area contributed by atoms with Gasteiger partial charge in [0.2, 0.25) is 0 Å². The molecule has 0 heterocycles. The predicted octanol–water partition coefficient (Wildman–Crippen LogP) is 3.49. The van der Waals surface area contributed by atoms with E-state index in [0.717, 1.165) is 17.5 Å². The predicted molar refractivity (Wildman–Crippen MR) is 60.4 cm³/mol. The smallest absolute Gasteiger partial charge is 0.118 e. The first-order valence-electron chi connectivity index (χ1n) is 4.23. The van der Waals surface area contributed by atoms with E-state index in [-0.39, 0.29) is 0 Å². The van der Waals surface area contributed by atoms with Crippen molar-refractivity contribution in [3.8, 4) is 5.75 Å². The van der Waals surface area contributed by atoms with E-state index in [0.29, 0.717) is 0 Å². The molecule has 0 saturated carbocycles. The largest absolute Gasteiger partial charge is 0.497 e. The number of allylic oxidation sites excluding steroid dienone is 1. The van der Waals surface area contributed by atoms with Crippen LogP contribution in [0.5, 0.6) is 5.75 Å². The second-order valence-corrected chi connectivity index (χ2v) is 3.45. The molecule has 0 fully saturated rings. The molecule has 0 spiro atoms. The van der Waals surface area contributed by atoms with Gasteiger partial charge in [-0.25, -0.2) is 0 Å². The summed E-state index contributed by atoms with van der Waals surface area (Å²) in [5, 5.41) is 1.01. The van der Waals surface area contributed by atoms with Crippen LogP contribution in [0.1, 0.15) is 12.0 Å². The van der Waals surface area contributed by atoms with Crippen LogP contribution in [0.4, 0.5) is 0 Å². The number of halogens is 1. The maximum absolute atomic E-state index is 5.06. The quantitative estimate of drug-likeness (QED) is 0.733. The molecular weight excluding hydrogens is 228 g/mol. The summed E-state index contributed by atoms with van der Waals surface area (Å²) in [6, 6.07) is 8.02. The summed E-state index contributed by atoms with van der Waals surface area (Å²) in [5.74, 6) is 0.901. The molecule has 0 amide bonds. The van der Waals surface area contributed by atoms with Crippen molar-refractivity contribution in [1.82, 2.24) is 0 Å². The molecule has 0 saturated heterocycles. The van der Waals surface area contributed by atoms with Crippen LogP contribution >= 0.6 is 15.9 Å². The standard InChI is InChI=1S/C11H13BrO/c1-13-11-7-5-10(6-8-11)4-2-3-9-12/h2,4-8H,3,9H2,1H3. The van der Waals surface area contributed by atoms with Crippen molar-refractivity contribution in [2.45, 2.75) is 6.42 Å². The van der Waals surface area contributed by atoms with Gasteiger partial charge in [-0.05, 0) is 24.1 Å². The lowest BCUT2D eigenvalue weighted by atomic mass is 10.2. The maximum atomic E-state index is 5.06. The molecule has 0 radical (unpaired) electrons. The van der Waals surface area contributed by atoms with Crippen molar-refractivity contribution in [1.29, 1.82) is 0 Å². The van der Waals surface area contributed by atoms with Gasteiger partial charge in [-0.1, -0.05) is 40.2 Å². The second-order valence-electron chi connectivity index (χ2n) is 2.65. The molecule has 1 nitrogen and oxygen atoms in total. The number of ether oxygens (including phenoxy) is 1. The number of hydrogen-bond acceptors (Lipinski definition) is 1. The van der Waals surface area contributed by atoms with Crippen molar-refractivity contribution >= 4 is 22.0 Å². The van der Waals surface area contributed by atoms with E-state index in [1.54, 1.807) is 7.11 Å². The molecule has 0 aliphatic heterocycles. The zero-order valence-electron chi connectivity index (χ0n) is 7.66. The molecule has 0 unspecified atom stereocenters. The molecule has 0 aliphatic rings. The Morgan fingerprint density at radius 1 is 1.31 bits per heavy atom. The Balaban J connectivity index is 2.58. The average Bonchev–Trinajstić information content (AvgIpc) is 2.19. The van der Waals surface area contributed by atoms with Crippen molar-refractivity contribution in [2.24, 2.45) is 0 Å². The van der Waals surface area contributed by atoms with Gasteiger partial charge >= 0.3 is 0 Å². The minimum absolute atomic E-state index is 0.901. The lowest BCUT2D eigenvalue weighted by Gasteiger charge is -1.98. The molecule has 2 heteroatoms. The lowest BCUT2D eigenvalue weighted by Crippen LogP contribution is -1.81. The molecule has 1 aromatic rings. The van der Waals surface area contributed by atoms with Crippen LogP contribution in [0.15, 0.2) is 30.3 Å². The third-order valence-electron chi connectivity index (χ3n) is 1.70. The third kappa shape index (κ3) is 3.64. The SMILES string of the molecule is COc1ccc(C=CCCBr)cc1. The van der Waals surface area contributed by atoms with Gasteiger partial charge in [0.15, 0.2) is 0 Å². The molecule has 1 aromatic carbocycles. The molecule has 0 bridgehead atoms. The van der Waals surface area contributed by atoms with Crippen molar-refractivity contribution in [3.05, 3.63) is 35.9 Å². The van der Waals surface area contributed by atoms with Crippen LogP contribution in [0.25, 0.3) is 6.08 Å². The van der Waals surface area contributed by atoms with Crippen LogP contribution in [0.3, 0.4) is 0 Å². The van der Waals surface area contributed by atoms with Gasteiger partial charge in [0.25, 0.3) is 0 Å². The van der Waals surface area contributed by atoms with E-state index in [1.165, 1.54) is 5.56 Å². The molecule has 0 aliphatic carbocycles. The van der Waals surface area contributed by atoms with Crippen LogP contribution in [0.2, 0.25) is 0 Å².